The summed E-state index contributed by atoms with van der Waals surface area (Å²) in [4.78, 5) is 15.2. The van der Waals surface area contributed by atoms with Crippen molar-refractivity contribution in [3.8, 4) is 0 Å². The van der Waals surface area contributed by atoms with Gasteiger partial charge >= 0.3 is 0 Å². The van der Waals surface area contributed by atoms with Gasteiger partial charge in [-0.05, 0) is 50.2 Å². The lowest BCUT2D eigenvalue weighted by atomic mass is 9.99. The molecule has 0 saturated carbocycles. The van der Waals surface area contributed by atoms with E-state index >= 15 is 0 Å². The number of nitrogens with two attached hydrogens (primary N) is 1. The van der Waals surface area contributed by atoms with Gasteiger partial charge in [0.1, 0.15) is 4.88 Å². The van der Waals surface area contributed by atoms with Crippen LogP contribution in [0.5, 0.6) is 0 Å². The van der Waals surface area contributed by atoms with E-state index in [-0.39, 0.29) is 5.91 Å². The molecule has 1 amide bonds. The summed E-state index contributed by atoms with van der Waals surface area (Å²) in [6.07, 6.45) is 4.99. The van der Waals surface area contributed by atoms with E-state index in [1.807, 2.05) is 11.8 Å². The summed E-state index contributed by atoms with van der Waals surface area (Å²) in [7, 11) is 0. The Morgan fingerprint density at radius 1 is 1.56 bits per heavy atom. The predicted molar refractivity (Wildman–Crippen MR) is 71.6 cm³/mol. The number of aryl methyl sites for hydroxylation is 1. The Labute approximate surface area is 112 Å². The number of rotatable bonds is 4. The van der Waals surface area contributed by atoms with Gasteiger partial charge in [0.15, 0.2) is 0 Å². The molecule has 100 valence electrons. The van der Waals surface area contributed by atoms with E-state index in [0.717, 1.165) is 37.9 Å². The minimum Gasteiger partial charge on any atom is -0.335 e. The summed E-state index contributed by atoms with van der Waals surface area (Å²) in [6.45, 7) is 3.47. The molecule has 5 nitrogen and oxygen atoms in total. The van der Waals surface area contributed by atoms with Crippen molar-refractivity contribution in [2.75, 3.05) is 13.1 Å². The lowest BCUT2D eigenvalue weighted by molar-refractivity contribution is 0.0609. The van der Waals surface area contributed by atoms with E-state index in [4.69, 9.17) is 5.73 Å². The summed E-state index contributed by atoms with van der Waals surface area (Å²) >= 11 is 1.21. The number of amides is 1. The van der Waals surface area contributed by atoms with Gasteiger partial charge in [0.2, 0.25) is 0 Å². The van der Waals surface area contributed by atoms with E-state index in [2.05, 4.69) is 9.59 Å². The van der Waals surface area contributed by atoms with Crippen molar-refractivity contribution in [1.82, 2.24) is 14.5 Å². The third-order valence-electron chi connectivity index (χ3n) is 3.47. The summed E-state index contributed by atoms with van der Waals surface area (Å²) in [5.41, 5.74) is 6.46. The molecule has 0 radical (unpaired) electrons. The minimum absolute atomic E-state index is 0.0972. The Morgan fingerprint density at radius 3 is 3.11 bits per heavy atom. The molecule has 0 aromatic carbocycles. The van der Waals surface area contributed by atoms with E-state index < -0.39 is 0 Å². The van der Waals surface area contributed by atoms with Crippen molar-refractivity contribution in [1.29, 1.82) is 0 Å². The second kappa shape index (κ2) is 6.24. The number of carbonyl (C=O) groups excluding carboxylic acids is 1. The molecule has 2 heterocycles. The highest BCUT2D eigenvalue weighted by molar-refractivity contribution is 7.08. The van der Waals surface area contributed by atoms with Gasteiger partial charge in [-0.15, -0.1) is 5.10 Å². The number of carbonyl (C=O) groups is 1. The highest BCUT2D eigenvalue weighted by Crippen LogP contribution is 2.23. The number of nitrogens with zero attached hydrogens (tertiary/aromatic N) is 3. The van der Waals surface area contributed by atoms with Crippen molar-refractivity contribution >= 4 is 17.4 Å². The summed E-state index contributed by atoms with van der Waals surface area (Å²) in [5, 5.41) is 4.02. The van der Waals surface area contributed by atoms with E-state index in [9.17, 15) is 4.79 Å². The third-order valence-corrected chi connectivity index (χ3v) is 4.23. The molecule has 1 aliphatic heterocycles. The Morgan fingerprint density at radius 2 is 2.39 bits per heavy atom. The normalized spacial score (nSPS) is 20.1. The first-order valence-corrected chi connectivity index (χ1v) is 7.37. The first-order valence-electron chi connectivity index (χ1n) is 6.60. The van der Waals surface area contributed by atoms with Gasteiger partial charge in [0.25, 0.3) is 5.91 Å². The van der Waals surface area contributed by atoms with Crippen LogP contribution in [0.2, 0.25) is 0 Å². The maximum Gasteiger partial charge on any atom is 0.267 e. The average Bonchev–Trinajstić information content (AvgIpc) is 2.87. The molecule has 1 unspecified atom stereocenters. The molecule has 0 spiro atoms. The first kappa shape index (κ1) is 13.4. The molecular formula is C12H20N4OS. The Kier molecular flexibility index (Phi) is 4.66. The van der Waals surface area contributed by atoms with Crippen molar-refractivity contribution in [2.24, 2.45) is 5.73 Å². The molecule has 1 aliphatic rings. The number of hydrogen-bond acceptors (Lipinski definition) is 5. The number of hydrogen-bond donors (Lipinski definition) is 1. The maximum absolute atomic E-state index is 12.5. The standard InChI is InChI=1S/C12H20N4OS/c1-2-10-11(18-15-14-10)12(17)16-8-4-3-5-9(16)6-7-13/h9H,2-8,13H2,1H3. The van der Waals surface area contributed by atoms with Crippen LogP contribution >= 0.6 is 11.5 Å². The minimum atomic E-state index is 0.0972. The first-order chi connectivity index (χ1) is 8.77. The lowest BCUT2D eigenvalue weighted by Crippen LogP contribution is -2.44. The molecule has 1 aromatic heterocycles. The van der Waals surface area contributed by atoms with Crippen LogP contribution in [0, 0.1) is 0 Å². The zero-order chi connectivity index (χ0) is 13.0. The zero-order valence-electron chi connectivity index (χ0n) is 10.8. The van der Waals surface area contributed by atoms with Gasteiger partial charge < -0.3 is 10.6 Å². The fraction of sp³-hybridized carbons (Fsp3) is 0.750. The molecule has 2 rings (SSSR count). The number of aromatic nitrogens is 2. The highest BCUT2D eigenvalue weighted by atomic mass is 32.1. The van der Waals surface area contributed by atoms with E-state index in [1.165, 1.54) is 18.0 Å². The maximum atomic E-state index is 12.5. The van der Waals surface area contributed by atoms with Crippen molar-refractivity contribution in [2.45, 2.75) is 45.1 Å². The Bertz CT molecular complexity index is 405. The summed E-state index contributed by atoms with van der Waals surface area (Å²) in [6, 6.07) is 0.294. The molecule has 1 saturated heterocycles. The Hall–Kier alpha value is -1.01. The van der Waals surface area contributed by atoms with Gasteiger partial charge in [-0.3, -0.25) is 4.79 Å². The van der Waals surface area contributed by atoms with Gasteiger partial charge in [0.05, 0.1) is 5.69 Å². The van der Waals surface area contributed by atoms with Crippen LogP contribution in [0.25, 0.3) is 0 Å². The van der Waals surface area contributed by atoms with Crippen LogP contribution < -0.4 is 5.73 Å². The molecule has 6 heteroatoms. The second-order valence-electron chi connectivity index (χ2n) is 4.63. The molecule has 0 bridgehead atoms. The van der Waals surface area contributed by atoms with E-state index in [0.29, 0.717) is 17.5 Å². The molecule has 2 N–H and O–H groups in total. The largest absolute Gasteiger partial charge is 0.335 e. The lowest BCUT2D eigenvalue weighted by Gasteiger charge is -2.35. The summed E-state index contributed by atoms with van der Waals surface area (Å²) < 4.78 is 3.90. The van der Waals surface area contributed by atoms with Crippen LogP contribution in [0.3, 0.4) is 0 Å². The monoisotopic (exact) mass is 268 g/mol. The quantitative estimate of drug-likeness (QED) is 0.897. The van der Waals surface area contributed by atoms with Crippen LogP contribution in [0.15, 0.2) is 0 Å². The molecule has 18 heavy (non-hydrogen) atoms. The number of likely N-dealkylation sites (tertiary alicyclic amines) is 1. The zero-order valence-corrected chi connectivity index (χ0v) is 11.6. The molecule has 1 aromatic rings. The molecule has 1 atom stereocenters. The predicted octanol–water partition coefficient (Wildman–Crippen LogP) is 1.44. The third kappa shape index (κ3) is 2.70. The SMILES string of the molecule is CCc1nnsc1C(=O)N1CCCCC1CCN. The fourth-order valence-corrected chi connectivity index (χ4v) is 3.20. The topological polar surface area (TPSA) is 72.1 Å². The average molecular weight is 268 g/mol. The van der Waals surface area contributed by atoms with Crippen LogP contribution in [0.1, 0.15) is 48.0 Å². The van der Waals surface area contributed by atoms with Crippen LogP contribution in [0.4, 0.5) is 0 Å². The van der Waals surface area contributed by atoms with E-state index in [1.54, 1.807) is 0 Å². The van der Waals surface area contributed by atoms with Gasteiger partial charge in [0, 0.05) is 12.6 Å². The smallest absolute Gasteiger partial charge is 0.267 e. The molecule has 0 aliphatic carbocycles. The van der Waals surface area contributed by atoms with Gasteiger partial charge in [-0.1, -0.05) is 11.4 Å². The van der Waals surface area contributed by atoms with Crippen LogP contribution in [-0.4, -0.2) is 39.5 Å². The van der Waals surface area contributed by atoms with Crippen LogP contribution in [-0.2, 0) is 6.42 Å². The van der Waals surface area contributed by atoms with Gasteiger partial charge in [-0.2, -0.15) is 0 Å². The fourth-order valence-electron chi connectivity index (χ4n) is 2.49. The van der Waals surface area contributed by atoms with Crippen molar-refractivity contribution < 1.29 is 4.79 Å². The highest BCUT2D eigenvalue weighted by Gasteiger charge is 2.29. The van der Waals surface area contributed by atoms with Gasteiger partial charge in [-0.25, -0.2) is 0 Å². The van der Waals surface area contributed by atoms with Crippen molar-refractivity contribution in [3.63, 3.8) is 0 Å². The number of piperidine rings is 1. The Balaban J connectivity index is 2.15. The second-order valence-corrected chi connectivity index (χ2v) is 5.38. The van der Waals surface area contributed by atoms with Crippen molar-refractivity contribution in [3.05, 3.63) is 10.6 Å². The molecular weight excluding hydrogens is 248 g/mol. The summed E-state index contributed by atoms with van der Waals surface area (Å²) in [5.74, 6) is 0.0972. The molecule has 1 fully saturated rings.